The van der Waals surface area contributed by atoms with Gasteiger partial charge in [0.05, 0.1) is 0 Å². The molecule has 0 saturated carbocycles. The molecule has 0 heteroatoms. The molecular weight excluding hydrogens is 264 g/mol. The zero-order valence-electron chi connectivity index (χ0n) is 12.9. The minimum atomic E-state index is 1.30. The molecule has 0 unspecified atom stereocenters. The Morgan fingerprint density at radius 3 is 1.59 bits per heavy atom. The monoisotopic (exact) mass is 282 g/mol. The summed E-state index contributed by atoms with van der Waals surface area (Å²) in [5, 5.41) is 5.25. The smallest absolute Gasteiger partial charge is 0.00266 e. The molecular formula is C22H18. The van der Waals surface area contributed by atoms with Gasteiger partial charge in [-0.25, -0.2) is 0 Å². The summed E-state index contributed by atoms with van der Waals surface area (Å²) in [6.45, 7) is 4.34. The van der Waals surface area contributed by atoms with Gasteiger partial charge in [-0.2, -0.15) is 0 Å². The molecule has 0 spiro atoms. The summed E-state index contributed by atoms with van der Waals surface area (Å²) in [6.07, 6.45) is 0. The molecule has 0 saturated heterocycles. The van der Waals surface area contributed by atoms with Gasteiger partial charge in [0.25, 0.3) is 0 Å². The SMILES string of the molecule is Cc1cc(C)cc(-c2c3ccccc3cc3ccccc23)c1. The fourth-order valence-corrected chi connectivity index (χ4v) is 3.44. The molecule has 106 valence electrons. The van der Waals surface area contributed by atoms with Crippen LogP contribution < -0.4 is 0 Å². The van der Waals surface area contributed by atoms with Crippen LogP contribution in [0, 0.1) is 13.8 Å². The Balaban J connectivity index is 2.21. The van der Waals surface area contributed by atoms with Crippen molar-refractivity contribution in [3.63, 3.8) is 0 Å². The van der Waals surface area contributed by atoms with Crippen LogP contribution in [0.4, 0.5) is 0 Å². The lowest BCUT2D eigenvalue weighted by Crippen LogP contribution is -1.87. The largest absolute Gasteiger partial charge is 0.0616 e. The Kier molecular flexibility index (Phi) is 2.97. The van der Waals surface area contributed by atoms with E-state index in [0.717, 1.165) is 0 Å². The van der Waals surface area contributed by atoms with E-state index in [0.29, 0.717) is 0 Å². The predicted molar refractivity (Wildman–Crippen MR) is 96.4 cm³/mol. The third kappa shape index (κ3) is 2.08. The maximum atomic E-state index is 2.29. The van der Waals surface area contributed by atoms with Gasteiger partial charge in [0.15, 0.2) is 0 Å². The zero-order valence-corrected chi connectivity index (χ0v) is 12.9. The van der Waals surface area contributed by atoms with Crippen LogP contribution in [-0.4, -0.2) is 0 Å². The quantitative estimate of drug-likeness (QED) is 0.360. The van der Waals surface area contributed by atoms with Gasteiger partial charge in [0.2, 0.25) is 0 Å². The summed E-state index contributed by atoms with van der Waals surface area (Å²) in [6, 6.07) is 26.5. The molecule has 0 radical (unpaired) electrons. The third-order valence-electron chi connectivity index (χ3n) is 4.28. The first kappa shape index (κ1) is 13.1. The van der Waals surface area contributed by atoms with Crippen LogP contribution in [0.3, 0.4) is 0 Å². The highest BCUT2D eigenvalue weighted by atomic mass is 14.1. The predicted octanol–water partition coefficient (Wildman–Crippen LogP) is 6.28. The Hall–Kier alpha value is -2.60. The van der Waals surface area contributed by atoms with Gasteiger partial charge in [-0.3, -0.25) is 0 Å². The van der Waals surface area contributed by atoms with Crippen molar-refractivity contribution in [3.8, 4) is 11.1 Å². The van der Waals surface area contributed by atoms with Crippen LogP contribution in [0.2, 0.25) is 0 Å². The number of aryl methyl sites for hydroxylation is 2. The highest BCUT2D eigenvalue weighted by Crippen LogP contribution is 2.36. The first-order chi connectivity index (χ1) is 10.7. The van der Waals surface area contributed by atoms with Crippen molar-refractivity contribution in [1.82, 2.24) is 0 Å². The molecule has 0 aliphatic rings. The topological polar surface area (TPSA) is 0 Å². The Labute approximate surface area is 131 Å². The summed E-state index contributed by atoms with van der Waals surface area (Å²) >= 11 is 0. The highest BCUT2D eigenvalue weighted by Gasteiger charge is 2.10. The molecule has 0 aromatic heterocycles. The second-order valence-corrected chi connectivity index (χ2v) is 6.07. The first-order valence-corrected chi connectivity index (χ1v) is 7.71. The van der Waals surface area contributed by atoms with E-state index < -0.39 is 0 Å². The molecule has 0 bridgehead atoms. The third-order valence-corrected chi connectivity index (χ3v) is 4.28. The molecule has 0 atom stereocenters. The van der Waals surface area contributed by atoms with Crippen molar-refractivity contribution in [3.05, 3.63) is 83.9 Å². The van der Waals surface area contributed by atoms with E-state index in [1.165, 1.54) is 43.8 Å². The molecule has 0 N–H and O–H groups in total. The standard InChI is InChI=1S/C22H18/c1-15-11-16(2)13-19(12-15)22-20-9-5-3-7-17(20)14-18-8-4-6-10-21(18)22/h3-14H,1-2H3. The lowest BCUT2D eigenvalue weighted by Gasteiger charge is -2.13. The van der Waals surface area contributed by atoms with Gasteiger partial charge in [-0.15, -0.1) is 0 Å². The lowest BCUT2D eigenvalue weighted by molar-refractivity contribution is 1.39. The first-order valence-electron chi connectivity index (χ1n) is 7.71. The van der Waals surface area contributed by atoms with Gasteiger partial charge >= 0.3 is 0 Å². The summed E-state index contributed by atoms with van der Waals surface area (Å²) in [4.78, 5) is 0. The number of fused-ring (bicyclic) bond motifs is 2. The lowest BCUT2D eigenvalue weighted by atomic mass is 9.91. The molecule has 22 heavy (non-hydrogen) atoms. The van der Waals surface area contributed by atoms with Crippen molar-refractivity contribution in [2.24, 2.45) is 0 Å². The van der Waals surface area contributed by atoms with E-state index in [2.05, 4.69) is 86.6 Å². The number of hydrogen-bond acceptors (Lipinski definition) is 0. The minimum Gasteiger partial charge on any atom is -0.0616 e. The van der Waals surface area contributed by atoms with Gasteiger partial charge in [-0.05, 0) is 52.6 Å². The van der Waals surface area contributed by atoms with E-state index in [1.807, 2.05) is 0 Å². The van der Waals surface area contributed by atoms with Gasteiger partial charge < -0.3 is 0 Å². The maximum absolute atomic E-state index is 2.29. The van der Waals surface area contributed by atoms with Crippen molar-refractivity contribution in [1.29, 1.82) is 0 Å². The Bertz CT molecular complexity index is 919. The van der Waals surface area contributed by atoms with Crippen LogP contribution in [-0.2, 0) is 0 Å². The van der Waals surface area contributed by atoms with Crippen molar-refractivity contribution < 1.29 is 0 Å². The second-order valence-electron chi connectivity index (χ2n) is 6.07. The number of hydrogen-bond donors (Lipinski definition) is 0. The summed E-state index contributed by atoms with van der Waals surface area (Å²) in [5.74, 6) is 0. The van der Waals surface area contributed by atoms with Crippen LogP contribution in [0.5, 0.6) is 0 Å². The average molecular weight is 282 g/mol. The summed E-state index contributed by atoms with van der Waals surface area (Å²) < 4.78 is 0. The van der Waals surface area contributed by atoms with Crippen LogP contribution in [0.25, 0.3) is 32.7 Å². The summed E-state index contributed by atoms with van der Waals surface area (Å²) in [5.41, 5.74) is 5.28. The maximum Gasteiger partial charge on any atom is -0.00266 e. The number of benzene rings is 4. The molecule has 0 amide bonds. The van der Waals surface area contributed by atoms with E-state index >= 15 is 0 Å². The van der Waals surface area contributed by atoms with Crippen molar-refractivity contribution >= 4 is 21.5 Å². The highest BCUT2D eigenvalue weighted by molar-refractivity contribution is 6.12. The Morgan fingerprint density at radius 1 is 0.545 bits per heavy atom. The molecule has 0 fully saturated rings. The minimum absolute atomic E-state index is 1.30. The fraction of sp³-hybridized carbons (Fsp3) is 0.0909. The second kappa shape index (κ2) is 4.99. The van der Waals surface area contributed by atoms with E-state index in [9.17, 15) is 0 Å². The fourth-order valence-electron chi connectivity index (χ4n) is 3.44. The normalized spacial score (nSPS) is 11.2. The molecule has 0 aliphatic heterocycles. The Morgan fingerprint density at radius 2 is 1.05 bits per heavy atom. The summed E-state index contributed by atoms with van der Waals surface area (Å²) in [7, 11) is 0. The van der Waals surface area contributed by atoms with Crippen LogP contribution >= 0.6 is 0 Å². The number of rotatable bonds is 1. The molecule has 0 nitrogen and oxygen atoms in total. The molecule has 0 heterocycles. The van der Waals surface area contributed by atoms with E-state index in [1.54, 1.807) is 0 Å². The van der Waals surface area contributed by atoms with Crippen molar-refractivity contribution in [2.75, 3.05) is 0 Å². The van der Waals surface area contributed by atoms with Gasteiger partial charge in [0.1, 0.15) is 0 Å². The van der Waals surface area contributed by atoms with Crippen LogP contribution in [0.1, 0.15) is 11.1 Å². The molecule has 4 aromatic carbocycles. The van der Waals surface area contributed by atoms with Crippen LogP contribution in [0.15, 0.2) is 72.8 Å². The van der Waals surface area contributed by atoms with E-state index in [4.69, 9.17) is 0 Å². The van der Waals surface area contributed by atoms with Gasteiger partial charge in [0, 0.05) is 0 Å². The zero-order chi connectivity index (χ0) is 15.1. The van der Waals surface area contributed by atoms with Crippen molar-refractivity contribution in [2.45, 2.75) is 13.8 Å². The van der Waals surface area contributed by atoms with E-state index in [-0.39, 0.29) is 0 Å². The average Bonchev–Trinajstić information content (AvgIpc) is 2.51. The molecule has 4 rings (SSSR count). The van der Waals surface area contributed by atoms with Gasteiger partial charge in [-0.1, -0.05) is 77.9 Å². The molecule has 4 aromatic rings. The molecule has 0 aliphatic carbocycles.